The summed E-state index contributed by atoms with van der Waals surface area (Å²) in [5, 5.41) is 3.10. The van der Waals surface area contributed by atoms with Crippen LogP contribution in [0.2, 0.25) is 0 Å². The van der Waals surface area contributed by atoms with Gasteiger partial charge in [0.05, 0.1) is 13.7 Å². The average molecular weight is 283 g/mol. The van der Waals surface area contributed by atoms with Crippen LogP contribution < -0.4 is 10.1 Å². The second-order valence-electron chi connectivity index (χ2n) is 4.88. The maximum atomic E-state index is 13.8. The molecular weight excluding hydrogens is 261 g/mol. The Morgan fingerprint density at radius 2 is 2.10 bits per heavy atom. The van der Waals surface area contributed by atoms with Crippen LogP contribution in [-0.2, 0) is 9.53 Å². The Kier molecular flexibility index (Phi) is 6.45. The van der Waals surface area contributed by atoms with Gasteiger partial charge >= 0.3 is 5.97 Å². The second-order valence-corrected chi connectivity index (χ2v) is 4.88. The van der Waals surface area contributed by atoms with Crippen molar-refractivity contribution in [1.29, 1.82) is 0 Å². The molecule has 0 spiro atoms. The van der Waals surface area contributed by atoms with Crippen molar-refractivity contribution in [3.63, 3.8) is 0 Å². The molecule has 0 radical (unpaired) electrons. The van der Waals surface area contributed by atoms with Gasteiger partial charge in [0.15, 0.2) is 11.6 Å². The maximum Gasteiger partial charge on any atom is 0.327 e. The van der Waals surface area contributed by atoms with Gasteiger partial charge < -0.3 is 14.8 Å². The van der Waals surface area contributed by atoms with Gasteiger partial charge in [-0.15, -0.1) is 0 Å². The van der Waals surface area contributed by atoms with Gasteiger partial charge in [-0.1, -0.05) is 19.9 Å². The molecule has 0 bridgehead atoms. The zero-order valence-electron chi connectivity index (χ0n) is 12.4. The molecule has 1 N–H and O–H groups in total. The van der Waals surface area contributed by atoms with Crippen LogP contribution >= 0.6 is 0 Å². The van der Waals surface area contributed by atoms with E-state index in [0.29, 0.717) is 18.0 Å². The molecule has 0 heterocycles. The van der Waals surface area contributed by atoms with E-state index in [-0.39, 0.29) is 12.4 Å². The highest BCUT2D eigenvalue weighted by molar-refractivity contribution is 5.77. The molecule has 0 amide bonds. The Hall–Kier alpha value is -1.62. The minimum absolute atomic E-state index is 0.153. The van der Waals surface area contributed by atoms with Crippen LogP contribution in [0.15, 0.2) is 18.2 Å². The number of ether oxygens (including phenoxy) is 2. The van der Waals surface area contributed by atoms with E-state index in [0.717, 1.165) is 0 Å². The molecular formula is C15H22FNO3. The van der Waals surface area contributed by atoms with E-state index in [4.69, 9.17) is 9.47 Å². The summed E-state index contributed by atoms with van der Waals surface area (Å²) in [4.78, 5) is 12.0. The number of esters is 1. The molecule has 0 aliphatic carbocycles. The maximum absolute atomic E-state index is 13.8. The smallest absolute Gasteiger partial charge is 0.327 e. The van der Waals surface area contributed by atoms with Crippen LogP contribution in [0.5, 0.6) is 5.75 Å². The van der Waals surface area contributed by atoms with E-state index in [1.54, 1.807) is 13.0 Å². The average Bonchev–Trinajstić information content (AvgIpc) is 2.39. The first-order valence-electron chi connectivity index (χ1n) is 6.73. The first kappa shape index (κ1) is 16.4. The van der Waals surface area contributed by atoms with Gasteiger partial charge in [0.2, 0.25) is 0 Å². The molecule has 0 saturated heterocycles. The lowest BCUT2D eigenvalue weighted by Crippen LogP contribution is -2.32. The van der Waals surface area contributed by atoms with Crippen molar-refractivity contribution in [2.45, 2.75) is 26.8 Å². The number of hydrogen-bond acceptors (Lipinski definition) is 4. The lowest BCUT2D eigenvalue weighted by Gasteiger charge is -2.19. The fourth-order valence-electron chi connectivity index (χ4n) is 1.78. The fourth-order valence-corrected chi connectivity index (χ4v) is 1.78. The quantitative estimate of drug-likeness (QED) is 0.782. The van der Waals surface area contributed by atoms with Crippen LogP contribution in [-0.4, -0.2) is 26.2 Å². The molecule has 5 heteroatoms. The summed E-state index contributed by atoms with van der Waals surface area (Å²) < 4.78 is 23.7. The van der Waals surface area contributed by atoms with Gasteiger partial charge in [-0.2, -0.15) is 0 Å². The Morgan fingerprint density at radius 3 is 2.60 bits per heavy atom. The SMILES string of the molecule is CCOC(=O)C(NCC(C)C)c1ccc(OC)c(F)c1. The molecule has 112 valence electrons. The largest absolute Gasteiger partial charge is 0.494 e. The number of nitrogens with one attached hydrogen (secondary N) is 1. The van der Waals surface area contributed by atoms with Gasteiger partial charge in [-0.05, 0) is 37.1 Å². The molecule has 1 atom stereocenters. The van der Waals surface area contributed by atoms with Crippen molar-refractivity contribution in [2.24, 2.45) is 5.92 Å². The summed E-state index contributed by atoms with van der Waals surface area (Å²) in [6, 6.07) is 3.80. The topological polar surface area (TPSA) is 47.6 Å². The third-order valence-corrected chi connectivity index (χ3v) is 2.76. The van der Waals surface area contributed by atoms with Crippen LogP contribution in [0.25, 0.3) is 0 Å². The van der Waals surface area contributed by atoms with Crippen molar-refractivity contribution in [3.05, 3.63) is 29.6 Å². The summed E-state index contributed by atoms with van der Waals surface area (Å²) in [5.41, 5.74) is 0.530. The van der Waals surface area contributed by atoms with Gasteiger partial charge in [0.25, 0.3) is 0 Å². The van der Waals surface area contributed by atoms with E-state index in [1.807, 2.05) is 13.8 Å². The number of carbonyl (C=O) groups excluding carboxylic acids is 1. The minimum atomic E-state index is -0.669. The minimum Gasteiger partial charge on any atom is -0.494 e. The van der Waals surface area contributed by atoms with Crippen LogP contribution in [0.3, 0.4) is 0 Å². The molecule has 1 aromatic carbocycles. The number of carbonyl (C=O) groups is 1. The summed E-state index contributed by atoms with van der Waals surface area (Å²) >= 11 is 0. The van der Waals surface area contributed by atoms with E-state index >= 15 is 0 Å². The van der Waals surface area contributed by atoms with Crippen LogP contribution in [0.1, 0.15) is 32.4 Å². The molecule has 0 aromatic heterocycles. The summed E-state index contributed by atoms with van der Waals surface area (Å²) in [5.74, 6) is -0.376. The number of rotatable bonds is 7. The van der Waals surface area contributed by atoms with Crippen molar-refractivity contribution in [2.75, 3.05) is 20.3 Å². The molecule has 0 aliphatic rings. The van der Waals surface area contributed by atoms with Crippen molar-refractivity contribution >= 4 is 5.97 Å². The number of methoxy groups -OCH3 is 1. The van der Waals surface area contributed by atoms with Crippen LogP contribution in [0.4, 0.5) is 4.39 Å². The Balaban J connectivity index is 2.96. The zero-order chi connectivity index (χ0) is 15.1. The van der Waals surface area contributed by atoms with E-state index < -0.39 is 17.8 Å². The zero-order valence-corrected chi connectivity index (χ0v) is 12.4. The Morgan fingerprint density at radius 1 is 1.40 bits per heavy atom. The second kappa shape index (κ2) is 7.85. The normalized spacial score (nSPS) is 12.3. The lowest BCUT2D eigenvalue weighted by atomic mass is 10.1. The number of hydrogen-bond donors (Lipinski definition) is 1. The van der Waals surface area contributed by atoms with Crippen LogP contribution in [0, 0.1) is 11.7 Å². The molecule has 1 rings (SSSR count). The Bertz CT molecular complexity index is 449. The summed E-state index contributed by atoms with van der Waals surface area (Å²) in [6.07, 6.45) is 0. The third kappa shape index (κ3) is 4.49. The first-order chi connectivity index (χ1) is 9.49. The van der Waals surface area contributed by atoms with Gasteiger partial charge in [-0.3, -0.25) is 0 Å². The van der Waals surface area contributed by atoms with Crippen molar-refractivity contribution < 1.29 is 18.7 Å². The standard InChI is InChI=1S/C15H22FNO3/c1-5-20-15(18)14(17-9-10(2)3)11-6-7-13(19-4)12(16)8-11/h6-8,10,14,17H,5,9H2,1-4H3. The third-order valence-electron chi connectivity index (χ3n) is 2.76. The summed E-state index contributed by atoms with van der Waals surface area (Å²) in [6.45, 7) is 6.73. The predicted octanol–water partition coefficient (Wildman–Crippen LogP) is 2.68. The van der Waals surface area contributed by atoms with Gasteiger partial charge in [0.1, 0.15) is 6.04 Å². The van der Waals surface area contributed by atoms with Crippen molar-refractivity contribution in [3.8, 4) is 5.75 Å². The first-order valence-corrected chi connectivity index (χ1v) is 6.73. The lowest BCUT2D eigenvalue weighted by molar-refractivity contribution is -0.145. The molecule has 0 aliphatic heterocycles. The molecule has 1 aromatic rings. The highest BCUT2D eigenvalue weighted by Crippen LogP contribution is 2.23. The van der Waals surface area contributed by atoms with E-state index in [1.165, 1.54) is 19.2 Å². The predicted molar refractivity (Wildman–Crippen MR) is 75.2 cm³/mol. The highest BCUT2D eigenvalue weighted by Gasteiger charge is 2.22. The molecule has 0 saturated carbocycles. The van der Waals surface area contributed by atoms with E-state index in [9.17, 15) is 9.18 Å². The van der Waals surface area contributed by atoms with Gasteiger partial charge in [0, 0.05) is 0 Å². The highest BCUT2D eigenvalue weighted by atomic mass is 19.1. The van der Waals surface area contributed by atoms with Crippen molar-refractivity contribution in [1.82, 2.24) is 5.32 Å². The fraction of sp³-hybridized carbons (Fsp3) is 0.533. The molecule has 0 fully saturated rings. The number of benzene rings is 1. The molecule has 20 heavy (non-hydrogen) atoms. The molecule has 1 unspecified atom stereocenters. The van der Waals surface area contributed by atoms with E-state index in [2.05, 4.69) is 5.32 Å². The molecule has 4 nitrogen and oxygen atoms in total. The van der Waals surface area contributed by atoms with Gasteiger partial charge in [-0.25, -0.2) is 9.18 Å². The number of halogens is 1. The monoisotopic (exact) mass is 283 g/mol. The summed E-state index contributed by atoms with van der Waals surface area (Å²) in [7, 11) is 1.40. The Labute approximate surface area is 119 Å².